The van der Waals surface area contributed by atoms with Crippen molar-refractivity contribution in [2.75, 3.05) is 0 Å². The van der Waals surface area contributed by atoms with Gasteiger partial charge in [0.25, 0.3) is 0 Å². The Balaban J connectivity index is 1.29. The van der Waals surface area contributed by atoms with Gasteiger partial charge in [0.05, 0.1) is 11.5 Å². The summed E-state index contributed by atoms with van der Waals surface area (Å²) in [6, 6.07) is 0. The normalized spacial score (nSPS) is 48.7. The summed E-state index contributed by atoms with van der Waals surface area (Å²) in [5.41, 5.74) is 4.80. The maximum Gasteiger partial charge on any atom is 0.109 e. The van der Waals surface area contributed by atoms with Crippen molar-refractivity contribution < 1.29 is 9.47 Å². The third-order valence-electron chi connectivity index (χ3n) is 14.6. The average Bonchev–Trinajstić information content (AvgIpc) is 2.79. The first kappa shape index (κ1) is 28.2. The zero-order valence-corrected chi connectivity index (χ0v) is 27.3. The first-order valence-electron chi connectivity index (χ1n) is 16.8. The van der Waals surface area contributed by atoms with E-state index >= 15 is 0 Å². The van der Waals surface area contributed by atoms with Gasteiger partial charge in [0, 0.05) is 11.8 Å². The predicted octanol–water partition coefficient (Wildman–Crippen LogP) is 10.8. The van der Waals surface area contributed by atoms with Crippen molar-refractivity contribution in [3.63, 3.8) is 0 Å². The third kappa shape index (κ3) is 4.13. The minimum atomic E-state index is -0.00490. The Bertz CT molecular complexity index is 993. The molecule has 0 aromatic rings. The van der Waals surface area contributed by atoms with Crippen molar-refractivity contribution in [2.45, 2.75) is 164 Å². The number of rotatable bonds is 2. The fraction of sp³-hybridized carbons (Fsp3) is 0.892. The van der Waals surface area contributed by atoms with Crippen molar-refractivity contribution in [3.8, 4) is 0 Å². The highest BCUT2D eigenvalue weighted by molar-refractivity contribution is 5.29. The molecule has 2 heteroatoms. The van der Waals surface area contributed by atoms with Crippen LogP contribution in [0.25, 0.3) is 0 Å². The van der Waals surface area contributed by atoms with Gasteiger partial charge in [-0.05, 0) is 143 Å². The van der Waals surface area contributed by atoms with Crippen LogP contribution in [-0.2, 0) is 9.47 Å². The molecule has 8 atom stereocenters. The Labute approximate surface area is 241 Å². The second-order valence-corrected chi connectivity index (χ2v) is 17.7. The van der Waals surface area contributed by atoms with Gasteiger partial charge in [0.15, 0.2) is 0 Å². The number of hydrogen-bond acceptors (Lipinski definition) is 2. The fourth-order valence-corrected chi connectivity index (χ4v) is 12.6. The highest BCUT2D eigenvalue weighted by Crippen LogP contribution is 2.67. The van der Waals surface area contributed by atoms with Crippen LogP contribution in [0.5, 0.6) is 0 Å². The highest BCUT2D eigenvalue weighted by Gasteiger charge is 2.62. The molecule has 4 aliphatic carbocycles. The van der Waals surface area contributed by atoms with E-state index < -0.39 is 0 Å². The van der Waals surface area contributed by atoms with E-state index in [1.54, 1.807) is 11.1 Å². The van der Waals surface area contributed by atoms with E-state index in [1.807, 2.05) is 0 Å². The summed E-state index contributed by atoms with van der Waals surface area (Å²) >= 11 is 0. The standard InChI is InChI=1S/C37H60O2/c1-24-26(22-30-34(7)17-11-15-32(3,4)28(34)13-19-36(30,9)38-24)21-27-23-31-35(8)18-12-16-33(5,6)29(35)14-20-37(31,10)39-25(27)2/h28-31H,11-23H2,1-10H3/t28?,29?,30-,31-,34+,35+,36-,37-/m1/s1. The predicted molar refractivity (Wildman–Crippen MR) is 162 cm³/mol. The van der Waals surface area contributed by atoms with Crippen LogP contribution in [0.4, 0.5) is 0 Å². The van der Waals surface area contributed by atoms with E-state index in [1.165, 1.54) is 88.6 Å². The summed E-state index contributed by atoms with van der Waals surface area (Å²) in [6.45, 7) is 25.0. The molecule has 2 unspecified atom stereocenters. The van der Waals surface area contributed by atoms with Crippen LogP contribution in [-0.4, -0.2) is 11.2 Å². The second-order valence-electron chi connectivity index (χ2n) is 17.7. The molecule has 0 aromatic heterocycles. The number of fused-ring (bicyclic) bond motifs is 6. The molecule has 220 valence electrons. The number of allylic oxidation sites excluding steroid dienone is 4. The molecule has 0 saturated heterocycles. The van der Waals surface area contributed by atoms with Gasteiger partial charge in [0.2, 0.25) is 0 Å². The van der Waals surface area contributed by atoms with Crippen LogP contribution >= 0.6 is 0 Å². The first-order valence-corrected chi connectivity index (χ1v) is 16.8. The molecule has 0 spiro atoms. The lowest BCUT2D eigenvalue weighted by Gasteiger charge is -2.64. The van der Waals surface area contributed by atoms with Crippen molar-refractivity contribution in [1.29, 1.82) is 0 Å². The molecule has 0 radical (unpaired) electrons. The van der Waals surface area contributed by atoms with E-state index in [0.29, 0.717) is 33.5 Å². The molecule has 39 heavy (non-hydrogen) atoms. The quantitative estimate of drug-likeness (QED) is 0.349. The summed E-state index contributed by atoms with van der Waals surface area (Å²) in [5, 5.41) is 0. The molecule has 2 heterocycles. The molecular formula is C37H60O2. The Morgan fingerprint density at radius 1 is 0.538 bits per heavy atom. The lowest BCUT2D eigenvalue weighted by Crippen LogP contribution is -2.59. The molecule has 4 saturated carbocycles. The molecule has 6 rings (SSSR count). The fourth-order valence-electron chi connectivity index (χ4n) is 12.6. The Morgan fingerprint density at radius 3 is 1.31 bits per heavy atom. The van der Waals surface area contributed by atoms with Crippen molar-refractivity contribution in [1.82, 2.24) is 0 Å². The maximum atomic E-state index is 7.03. The Morgan fingerprint density at radius 2 is 0.923 bits per heavy atom. The maximum absolute atomic E-state index is 7.03. The number of hydrogen-bond donors (Lipinski definition) is 0. The topological polar surface area (TPSA) is 18.5 Å². The van der Waals surface area contributed by atoms with E-state index in [2.05, 4.69) is 69.2 Å². The summed E-state index contributed by atoms with van der Waals surface area (Å²) < 4.78 is 14.1. The molecule has 2 aliphatic heterocycles. The largest absolute Gasteiger partial charge is 0.492 e. The third-order valence-corrected chi connectivity index (χ3v) is 14.6. The van der Waals surface area contributed by atoms with Gasteiger partial charge in [0.1, 0.15) is 11.2 Å². The monoisotopic (exact) mass is 536 g/mol. The molecule has 0 aromatic carbocycles. The van der Waals surface area contributed by atoms with E-state index in [0.717, 1.165) is 18.3 Å². The summed E-state index contributed by atoms with van der Waals surface area (Å²) in [6.07, 6.45) is 16.9. The van der Waals surface area contributed by atoms with Crippen LogP contribution in [0, 0.1) is 45.3 Å². The molecule has 6 aliphatic rings. The second kappa shape index (κ2) is 8.80. The Kier molecular flexibility index (Phi) is 6.36. The van der Waals surface area contributed by atoms with E-state index in [4.69, 9.17) is 9.47 Å². The molecule has 2 nitrogen and oxygen atoms in total. The molecule has 4 fully saturated rings. The molecule has 0 amide bonds. The van der Waals surface area contributed by atoms with E-state index in [9.17, 15) is 0 Å². The SMILES string of the molecule is CC1=C(CC2=C(C)O[C@]3(C)CCC4C(C)(C)CCC[C@]4(C)[C@H]3C2)C[C@H]2[C@@](C)(CCC3C(C)(C)CCC[C@@]32C)O1. The first-order chi connectivity index (χ1) is 18.0. The van der Waals surface area contributed by atoms with Gasteiger partial charge in [-0.15, -0.1) is 0 Å². The van der Waals surface area contributed by atoms with Crippen LogP contribution in [0.15, 0.2) is 22.7 Å². The molecule has 0 N–H and O–H groups in total. The minimum absolute atomic E-state index is 0.00490. The lowest BCUT2D eigenvalue weighted by atomic mass is 9.44. The Hall–Kier alpha value is -0.920. The van der Waals surface area contributed by atoms with Crippen LogP contribution in [0.2, 0.25) is 0 Å². The number of ether oxygens (including phenoxy) is 2. The summed E-state index contributed by atoms with van der Waals surface area (Å²) in [4.78, 5) is 0. The van der Waals surface area contributed by atoms with Gasteiger partial charge < -0.3 is 9.47 Å². The van der Waals surface area contributed by atoms with Crippen LogP contribution in [0.3, 0.4) is 0 Å². The van der Waals surface area contributed by atoms with E-state index in [-0.39, 0.29) is 11.2 Å². The molecule has 0 bridgehead atoms. The van der Waals surface area contributed by atoms with Crippen LogP contribution < -0.4 is 0 Å². The average molecular weight is 537 g/mol. The molecular weight excluding hydrogens is 476 g/mol. The van der Waals surface area contributed by atoms with Gasteiger partial charge in [-0.3, -0.25) is 0 Å². The zero-order chi connectivity index (χ0) is 28.2. The van der Waals surface area contributed by atoms with Gasteiger partial charge in [-0.25, -0.2) is 0 Å². The van der Waals surface area contributed by atoms with Crippen molar-refractivity contribution >= 4 is 0 Å². The van der Waals surface area contributed by atoms with Crippen molar-refractivity contribution in [2.24, 2.45) is 45.3 Å². The highest BCUT2D eigenvalue weighted by atomic mass is 16.5. The van der Waals surface area contributed by atoms with Gasteiger partial charge >= 0.3 is 0 Å². The summed E-state index contributed by atoms with van der Waals surface area (Å²) in [7, 11) is 0. The smallest absolute Gasteiger partial charge is 0.109 e. The summed E-state index contributed by atoms with van der Waals surface area (Å²) in [5.74, 6) is 5.32. The van der Waals surface area contributed by atoms with Crippen LogP contribution in [0.1, 0.15) is 153 Å². The zero-order valence-electron chi connectivity index (χ0n) is 27.3. The van der Waals surface area contributed by atoms with Gasteiger partial charge in [-0.2, -0.15) is 0 Å². The van der Waals surface area contributed by atoms with Gasteiger partial charge in [-0.1, -0.05) is 54.4 Å². The van der Waals surface area contributed by atoms with Crippen molar-refractivity contribution in [3.05, 3.63) is 22.7 Å². The lowest BCUT2D eigenvalue weighted by molar-refractivity contribution is -0.185. The minimum Gasteiger partial charge on any atom is -0.492 e.